The van der Waals surface area contributed by atoms with Gasteiger partial charge in [0.15, 0.2) is 11.6 Å². The van der Waals surface area contributed by atoms with E-state index in [1.54, 1.807) is 14.0 Å². The minimum absolute atomic E-state index is 0.0213. The normalized spacial score (nSPS) is 12.3. The molecule has 1 rings (SSSR count). The van der Waals surface area contributed by atoms with Gasteiger partial charge in [-0.1, -0.05) is 6.07 Å². The van der Waals surface area contributed by atoms with Crippen LogP contribution in [0.4, 0.5) is 8.78 Å². The summed E-state index contributed by atoms with van der Waals surface area (Å²) in [5.74, 6) is -2.07. The third-order valence-corrected chi connectivity index (χ3v) is 2.65. The predicted molar refractivity (Wildman–Crippen MR) is 64.0 cm³/mol. The van der Waals surface area contributed by atoms with Crippen molar-refractivity contribution in [3.05, 3.63) is 35.4 Å². The maximum Gasteiger partial charge on any atom is 0.226 e. The van der Waals surface area contributed by atoms with Gasteiger partial charge >= 0.3 is 0 Å². The predicted octanol–water partition coefficient (Wildman–Crippen LogP) is 1.74. The summed E-state index contributed by atoms with van der Waals surface area (Å²) in [6.07, 6.45) is 0.0385. The van der Waals surface area contributed by atoms with Crippen LogP contribution < -0.4 is 0 Å². The maximum absolute atomic E-state index is 13.0. The van der Waals surface area contributed by atoms with E-state index < -0.39 is 17.7 Å². The quantitative estimate of drug-likeness (QED) is 0.872. The lowest BCUT2D eigenvalue weighted by Gasteiger charge is -2.18. The van der Waals surface area contributed by atoms with E-state index in [1.165, 1.54) is 11.0 Å². The molecule has 1 atom stereocenters. The fourth-order valence-electron chi connectivity index (χ4n) is 1.46. The zero-order valence-electron chi connectivity index (χ0n) is 10.5. The van der Waals surface area contributed by atoms with Gasteiger partial charge in [-0.2, -0.15) is 0 Å². The number of hydrogen-bond donors (Lipinski definition) is 1. The Kier molecular flexibility index (Phi) is 5.22. The van der Waals surface area contributed by atoms with Crippen LogP contribution >= 0.6 is 0 Å². The van der Waals surface area contributed by atoms with Crippen molar-refractivity contribution in [2.75, 3.05) is 13.6 Å². The molecular formula is C13H17F2NO2. The second-order valence-corrected chi connectivity index (χ2v) is 4.38. The van der Waals surface area contributed by atoms with E-state index >= 15 is 0 Å². The van der Waals surface area contributed by atoms with Gasteiger partial charge < -0.3 is 10.0 Å². The minimum atomic E-state index is -0.952. The number of halogens is 2. The number of benzene rings is 1. The SMILES string of the molecule is CC(O)CCN(C)C(=O)Cc1ccc(F)c(F)c1. The lowest BCUT2D eigenvalue weighted by molar-refractivity contribution is -0.129. The minimum Gasteiger partial charge on any atom is -0.393 e. The van der Waals surface area contributed by atoms with Gasteiger partial charge in [-0.25, -0.2) is 8.78 Å². The van der Waals surface area contributed by atoms with Crippen LogP contribution in [0.1, 0.15) is 18.9 Å². The van der Waals surface area contributed by atoms with Gasteiger partial charge in [-0.05, 0) is 31.0 Å². The third kappa shape index (κ3) is 4.41. The Morgan fingerprint density at radius 3 is 2.61 bits per heavy atom. The van der Waals surface area contributed by atoms with Crippen LogP contribution in [0.5, 0.6) is 0 Å². The Balaban J connectivity index is 2.55. The summed E-state index contributed by atoms with van der Waals surface area (Å²) in [6, 6.07) is 3.42. The molecule has 0 aliphatic carbocycles. The van der Waals surface area contributed by atoms with Crippen LogP contribution in [0.3, 0.4) is 0 Å². The molecule has 1 aromatic carbocycles. The Bertz CT molecular complexity index is 421. The summed E-state index contributed by atoms with van der Waals surface area (Å²) < 4.78 is 25.7. The van der Waals surface area contributed by atoms with Crippen LogP contribution in [-0.2, 0) is 11.2 Å². The topological polar surface area (TPSA) is 40.5 Å². The second-order valence-electron chi connectivity index (χ2n) is 4.38. The number of likely N-dealkylation sites (N-methyl/N-ethyl adjacent to an activating group) is 1. The molecule has 18 heavy (non-hydrogen) atoms. The van der Waals surface area contributed by atoms with Crippen molar-refractivity contribution in [3.63, 3.8) is 0 Å². The van der Waals surface area contributed by atoms with Gasteiger partial charge in [-0.3, -0.25) is 4.79 Å². The molecular weight excluding hydrogens is 240 g/mol. The number of aliphatic hydroxyl groups excluding tert-OH is 1. The van der Waals surface area contributed by atoms with Gasteiger partial charge in [0, 0.05) is 13.6 Å². The fraction of sp³-hybridized carbons (Fsp3) is 0.462. The molecule has 1 aromatic rings. The number of carbonyl (C=O) groups excluding carboxylic acids is 1. The van der Waals surface area contributed by atoms with E-state index in [4.69, 9.17) is 5.11 Å². The Morgan fingerprint density at radius 2 is 2.06 bits per heavy atom. The van der Waals surface area contributed by atoms with Gasteiger partial charge in [-0.15, -0.1) is 0 Å². The zero-order chi connectivity index (χ0) is 13.7. The van der Waals surface area contributed by atoms with E-state index in [-0.39, 0.29) is 12.3 Å². The molecule has 0 radical (unpaired) electrons. The van der Waals surface area contributed by atoms with Gasteiger partial charge in [0.2, 0.25) is 5.91 Å². The number of carbonyl (C=O) groups is 1. The van der Waals surface area contributed by atoms with Crippen molar-refractivity contribution < 1.29 is 18.7 Å². The maximum atomic E-state index is 13.0. The summed E-state index contributed by atoms with van der Waals surface area (Å²) in [7, 11) is 1.62. The molecule has 0 fully saturated rings. The van der Waals surface area contributed by atoms with Crippen molar-refractivity contribution in [1.29, 1.82) is 0 Å². The van der Waals surface area contributed by atoms with Crippen LogP contribution in [0.25, 0.3) is 0 Å². The summed E-state index contributed by atoms with van der Waals surface area (Å²) in [5, 5.41) is 9.11. The van der Waals surface area contributed by atoms with E-state index in [9.17, 15) is 13.6 Å². The van der Waals surface area contributed by atoms with Gasteiger partial charge in [0.05, 0.1) is 12.5 Å². The Hall–Kier alpha value is -1.49. The highest BCUT2D eigenvalue weighted by atomic mass is 19.2. The van der Waals surface area contributed by atoms with E-state index in [0.29, 0.717) is 18.5 Å². The molecule has 1 N–H and O–H groups in total. The first-order valence-electron chi connectivity index (χ1n) is 5.76. The molecule has 0 saturated carbocycles. The standard InChI is InChI=1S/C13H17F2NO2/c1-9(17)5-6-16(2)13(18)8-10-3-4-11(14)12(15)7-10/h3-4,7,9,17H,5-6,8H2,1-2H3. The van der Waals surface area contributed by atoms with E-state index in [1.807, 2.05) is 0 Å². The second kappa shape index (κ2) is 6.44. The largest absolute Gasteiger partial charge is 0.393 e. The molecule has 0 bridgehead atoms. The highest BCUT2D eigenvalue weighted by Crippen LogP contribution is 2.10. The average molecular weight is 257 g/mol. The van der Waals surface area contributed by atoms with Crippen LogP contribution in [-0.4, -0.2) is 35.6 Å². The Labute approximate surface area is 105 Å². The molecule has 0 aromatic heterocycles. The third-order valence-electron chi connectivity index (χ3n) is 2.65. The van der Waals surface area contributed by atoms with Crippen LogP contribution in [0.2, 0.25) is 0 Å². The fourth-order valence-corrected chi connectivity index (χ4v) is 1.46. The average Bonchev–Trinajstić information content (AvgIpc) is 2.30. The Morgan fingerprint density at radius 1 is 1.39 bits per heavy atom. The van der Waals surface area contributed by atoms with Crippen LogP contribution in [0, 0.1) is 11.6 Å². The number of nitrogens with zero attached hydrogens (tertiary/aromatic N) is 1. The molecule has 0 spiro atoms. The summed E-state index contributed by atoms with van der Waals surface area (Å²) in [4.78, 5) is 13.2. The lowest BCUT2D eigenvalue weighted by atomic mass is 10.1. The number of rotatable bonds is 5. The van der Waals surface area contributed by atoms with Crippen LogP contribution in [0.15, 0.2) is 18.2 Å². The molecule has 3 nitrogen and oxygen atoms in total. The van der Waals surface area contributed by atoms with Crippen molar-refractivity contribution in [3.8, 4) is 0 Å². The van der Waals surface area contributed by atoms with E-state index in [2.05, 4.69) is 0 Å². The van der Waals surface area contributed by atoms with Crippen molar-refractivity contribution >= 4 is 5.91 Å². The number of hydrogen-bond acceptors (Lipinski definition) is 2. The molecule has 0 saturated heterocycles. The zero-order valence-corrected chi connectivity index (χ0v) is 10.5. The molecule has 1 amide bonds. The van der Waals surface area contributed by atoms with Crippen molar-refractivity contribution in [2.24, 2.45) is 0 Å². The molecule has 5 heteroatoms. The summed E-state index contributed by atoms with van der Waals surface area (Å²) in [6.45, 7) is 2.08. The van der Waals surface area contributed by atoms with Crippen molar-refractivity contribution in [2.45, 2.75) is 25.9 Å². The smallest absolute Gasteiger partial charge is 0.226 e. The highest BCUT2D eigenvalue weighted by molar-refractivity contribution is 5.78. The first-order valence-corrected chi connectivity index (χ1v) is 5.76. The van der Waals surface area contributed by atoms with Gasteiger partial charge in [0.25, 0.3) is 0 Å². The monoisotopic (exact) mass is 257 g/mol. The number of amides is 1. The molecule has 0 aliphatic heterocycles. The first-order chi connectivity index (χ1) is 8.40. The summed E-state index contributed by atoms with van der Waals surface area (Å²) in [5.41, 5.74) is 0.433. The van der Waals surface area contributed by atoms with Gasteiger partial charge in [0.1, 0.15) is 0 Å². The summed E-state index contributed by atoms with van der Waals surface area (Å²) >= 11 is 0. The first kappa shape index (κ1) is 14.6. The highest BCUT2D eigenvalue weighted by Gasteiger charge is 2.12. The molecule has 1 unspecified atom stereocenters. The van der Waals surface area contributed by atoms with Crippen molar-refractivity contribution in [1.82, 2.24) is 4.90 Å². The molecule has 0 heterocycles. The lowest BCUT2D eigenvalue weighted by Crippen LogP contribution is -2.30. The molecule has 100 valence electrons. The van der Waals surface area contributed by atoms with E-state index in [0.717, 1.165) is 12.1 Å². The number of aliphatic hydroxyl groups is 1. The molecule has 0 aliphatic rings.